The summed E-state index contributed by atoms with van der Waals surface area (Å²) < 4.78 is 18.3. The predicted molar refractivity (Wildman–Crippen MR) is 162 cm³/mol. The first-order chi connectivity index (χ1) is 19.7. The van der Waals surface area contributed by atoms with Gasteiger partial charge in [-0.1, -0.05) is 71.4 Å². The molecule has 1 aromatic heterocycles. The lowest BCUT2D eigenvalue weighted by atomic mass is 9.90. The van der Waals surface area contributed by atoms with Crippen LogP contribution in [0.4, 0.5) is 0 Å². The molecule has 8 heteroatoms. The fourth-order valence-corrected chi connectivity index (χ4v) is 5.10. The summed E-state index contributed by atoms with van der Waals surface area (Å²) in [6, 6.07) is 28.1. The van der Waals surface area contributed by atoms with Crippen LogP contribution in [0.15, 0.2) is 108 Å². The molecule has 0 saturated carbocycles. The fraction of sp³-hybridized carbons (Fsp3) is 0.273. The van der Waals surface area contributed by atoms with Crippen molar-refractivity contribution in [1.29, 1.82) is 0 Å². The van der Waals surface area contributed by atoms with E-state index >= 15 is 0 Å². The number of furan rings is 1. The number of hydrogen-bond acceptors (Lipinski definition) is 5. The summed E-state index contributed by atoms with van der Waals surface area (Å²) in [6.07, 6.45) is 1.13. The molecule has 3 atom stereocenters. The Labute approximate surface area is 248 Å². The monoisotopic (exact) mass is 619 g/mol. The number of rotatable bonds is 13. The lowest BCUT2D eigenvalue weighted by Gasteiger charge is -2.43. The quantitative estimate of drug-likeness (QED) is 0.158. The standard InChI is InChI=1S/C33H34BrNO6/c1-4-28(34)30(40-26-12-7-5-8-13-26)33(32(37)38,41-27-14-9-6-10-15-27)22-35(23(2)3)31(36)25-19-17-24(18-20-25)29-16-11-21-39-29/h5-21,23,28,30H,4,22H2,1-3H3,(H,37,38). The van der Waals surface area contributed by atoms with Crippen LogP contribution in [-0.2, 0) is 4.79 Å². The van der Waals surface area contributed by atoms with E-state index < -0.39 is 22.5 Å². The topological polar surface area (TPSA) is 89.2 Å². The summed E-state index contributed by atoms with van der Waals surface area (Å²) >= 11 is 3.67. The molecule has 0 saturated heterocycles. The van der Waals surface area contributed by atoms with Gasteiger partial charge in [0, 0.05) is 17.2 Å². The zero-order chi connectivity index (χ0) is 29.4. The fourth-order valence-electron chi connectivity index (χ4n) is 4.56. The molecule has 1 N–H and O–H groups in total. The van der Waals surface area contributed by atoms with Crippen molar-refractivity contribution in [3.63, 3.8) is 0 Å². The predicted octanol–water partition coefficient (Wildman–Crippen LogP) is 7.32. The van der Waals surface area contributed by atoms with Crippen LogP contribution in [0.3, 0.4) is 0 Å². The SMILES string of the molecule is CCC(Br)C(Oc1ccccc1)C(CN(C(=O)c1ccc(-c2ccco2)cc1)C(C)C)(Oc1ccccc1)C(=O)O. The number of carbonyl (C=O) groups excluding carboxylic acids is 1. The molecule has 7 nitrogen and oxygen atoms in total. The number of aliphatic carboxylic acids is 1. The second-order valence-electron chi connectivity index (χ2n) is 9.97. The Morgan fingerprint density at radius 2 is 1.51 bits per heavy atom. The molecule has 3 aromatic carbocycles. The highest BCUT2D eigenvalue weighted by molar-refractivity contribution is 9.09. The number of hydrogen-bond donors (Lipinski definition) is 1. The van der Waals surface area contributed by atoms with Crippen molar-refractivity contribution in [2.75, 3.05) is 6.54 Å². The van der Waals surface area contributed by atoms with Crippen LogP contribution in [0, 0.1) is 0 Å². The van der Waals surface area contributed by atoms with Gasteiger partial charge in [-0.25, -0.2) is 4.79 Å². The van der Waals surface area contributed by atoms with Crippen molar-refractivity contribution in [1.82, 2.24) is 4.90 Å². The Morgan fingerprint density at radius 3 is 2.02 bits per heavy atom. The van der Waals surface area contributed by atoms with Crippen LogP contribution in [0.1, 0.15) is 37.6 Å². The Kier molecular flexibility index (Phi) is 9.89. The molecule has 0 spiro atoms. The number of carbonyl (C=O) groups is 2. The first kappa shape index (κ1) is 29.9. The van der Waals surface area contributed by atoms with Gasteiger partial charge in [-0.2, -0.15) is 0 Å². The number of ether oxygens (including phenoxy) is 2. The molecule has 0 aliphatic rings. The van der Waals surface area contributed by atoms with E-state index in [1.54, 1.807) is 60.9 Å². The molecule has 0 fully saturated rings. The van der Waals surface area contributed by atoms with Gasteiger partial charge in [0.1, 0.15) is 17.3 Å². The first-order valence-electron chi connectivity index (χ1n) is 13.5. The third-order valence-corrected chi connectivity index (χ3v) is 7.94. The number of benzene rings is 3. The minimum absolute atomic E-state index is 0.271. The van der Waals surface area contributed by atoms with Gasteiger partial charge < -0.3 is 23.9 Å². The maximum atomic E-state index is 14.0. The van der Waals surface area contributed by atoms with Crippen LogP contribution in [0.25, 0.3) is 11.3 Å². The Balaban J connectivity index is 1.77. The molecular formula is C33H34BrNO6. The number of carboxylic acid groups (broad SMARTS) is 1. The van der Waals surface area contributed by atoms with Crippen LogP contribution in [0.5, 0.6) is 11.5 Å². The molecule has 0 radical (unpaired) electrons. The largest absolute Gasteiger partial charge is 0.484 e. The minimum atomic E-state index is -1.98. The summed E-state index contributed by atoms with van der Waals surface area (Å²) in [5.41, 5.74) is -0.731. The van der Waals surface area contributed by atoms with Crippen molar-refractivity contribution in [2.24, 2.45) is 0 Å². The minimum Gasteiger partial charge on any atom is -0.484 e. The summed E-state index contributed by atoms with van der Waals surface area (Å²) in [4.78, 5) is 28.5. The van der Waals surface area contributed by atoms with Gasteiger partial charge in [-0.3, -0.25) is 4.79 Å². The zero-order valence-corrected chi connectivity index (χ0v) is 24.9. The van der Waals surface area contributed by atoms with E-state index in [1.165, 1.54) is 4.90 Å². The van der Waals surface area contributed by atoms with E-state index in [1.807, 2.05) is 63.2 Å². The molecule has 214 valence electrons. The van der Waals surface area contributed by atoms with Gasteiger partial charge in [0.25, 0.3) is 11.5 Å². The highest BCUT2D eigenvalue weighted by atomic mass is 79.9. The number of para-hydroxylation sites is 2. The van der Waals surface area contributed by atoms with E-state index in [0.29, 0.717) is 29.2 Å². The average molecular weight is 621 g/mol. The van der Waals surface area contributed by atoms with Gasteiger partial charge >= 0.3 is 5.97 Å². The summed E-state index contributed by atoms with van der Waals surface area (Å²) in [5.74, 6) is -0.0317. The average Bonchev–Trinajstić information content (AvgIpc) is 3.53. The molecule has 1 amide bonds. The highest BCUT2D eigenvalue weighted by Crippen LogP contribution is 2.33. The molecule has 1 heterocycles. The maximum Gasteiger partial charge on any atom is 0.354 e. The molecule has 0 aliphatic heterocycles. The first-order valence-corrected chi connectivity index (χ1v) is 14.4. The van der Waals surface area contributed by atoms with Crippen molar-refractivity contribution in [3.05, 3.63) is 109 Å². The molecule has 4 aromatic rings. The number of halogens is 1. The number of nitrogens with zero attached hydrogens (tertiary/aromatic N) is 1. The van der Waals surface area contributed by atoms with E-state index in [4.69, 9.17) is 13.9 Å². The molecule has 0 aliphatic carbocycles. The second-order valence-corrected chi connectivity index (χ2v) is 11.1. The summed E-state index contributed by atoms with van der Waals surface area (Å²) in [6.45, 7) is 5.36. The van der Waals surface area contributed by atoms with E-state index in [0.717, 1.165) is 5.56 Å². The van der Waals surface area contributed by atoms with Crippen LogP contribution < -0.4 is 9.47 Å². The molecule has 41 heavy (non-hydrogen) atoms. The number of amides is 1. The Hall–Kier alpha value is -4.04. The van der Waals surface area contributed by atoms with Crippen LogP contribution in [0.2, 0.25) is 0 Å². The highest BCUT2D eigenvalue weighted by Gasteiger charge is 2.55. The molecule has 0 bridgehead atoms. The second kappa shape index (κ2) is 13.5. The number of alkyl halides is 1. The Morgan fingerprint density at radius 1 is 0.902 bits per heavy atom. The van der Waals surface area contributed by atoms with Gasteiger partial charge in [0.15, 0.2) is 6.10 Å². The van der Waals surface area contributed by atoms with E-state index in [2.05, 4.69) is 15.9 Å². The van der Waals surface area contributed by atoms with E-state index in [9.17, 15) is 14.7 Å². The summed E-state index contributed by atoms with van der Waals surface area (Å²) in [5, 5.41) is 10.9. The van der Waals surface area contributed by atoms with Gasteiger partial charge in [-0.15, -0.1) is 0 Å². The van der Waals surface area contributed by atoms with Gasteiger partial charge in [0.05, 0.1) is 17.6 Å². The van der Waals surface area contributed by atoms with Crippen molar-refractivity contribution >= 4 is 27.8 Å². The molecule has 3 unspecified atom stereocenters. The third kappa shape index (κ3) is 7.00. The lowest BCUT2D eigenvalue weighted by Crippen LogP contribution is -2.66. The molecule has 4 rings (SSSR count). The van der Waals surface area contributed by atoms with Crippen LogP contribution >= 0.6 is 15.9 Å². The zero-order valence-electron chi connectivity index (χ0n) is 23.3. The van der Waals surface area contributed by atoms with Crippen molar-refractivity contribution < 1.29 is 28.6 Å². The number of carboxylic acids is 1. The Bertz CT molecular complexity index is 1390. The van der Waals surface area contributed by atoms with Crippen molar-refractivity contribution in [3.8, 4) is 22.8 Å². The normalized spacial score (nSPS) is 14.1. The third-order valence-electron chi connectivity index (χ3n) is 6.82. The summed E-state index contributed by atoms with van der Waals surface area (Å²) in [7, 11) is 0. The van der Waals surface area contributed by atoms with Gasteiger partial charge in [-0.05, 0) is 68.8 Å². The van der Waals surface area contributed by atoms with Crippen molar-refractivity contribution in [2.45, 2.75) is 49.8 Å². The smallest absolute Gasteiger partial charge is 0.354 e. The molecular weight excluding hydrogens is 586 g/mol. The van der Waals surface area contributed by atoms with Crippen LogP contribution in [-0.4, -0.2) is 51.0 Å². The lowest BCUT2D eigenvalue weighted by molar-refractivity contribution is -0.167. The van der Waals surface area contributed by atoms with Gasteiger partial charge in [0.2, 0.25) is 0 Å². The van der Waals surface area contributed by atoms with E-state index in [-0.39, 0.29) is 18.5 Å². The maximum absolute atomic E-state index is 14.0.